The first-order valence-electron chi connectivity index (χ1n) is 6.13. The smallest absolute Gasteiger partial charge is 0.206 e. The van der Waals surface area contributed by atoms with Gasteiger partial charge in [-0.15, -0.1) is 0 Å². The van der Waals surface area contributed by atoms with Gasteiger partial charge in [0.05, 0.1) is 6.54 Å². The quantitative estimate of drug-likeness (QED) is 0.330. The summed E-state index contributed by atoms with van der Waals surface area (Å²) in [7, 11) is 0. The summed E-state index contributed by atoms with van der Waals surface area (Å²) >= 11 is 0. The van der Waals surface area contributed by atoms with E-state index < -0.39 is 0 Å². The number of hydrogen-bond donors (Lipinski definition) is 3. The number of halogens is 1. The number of hydrogen-bond acceptors (Lipinski definition) is 2. The Labute approximate surface area is 106 Å². The van der Waals surface area contributed by atoms with E-state index in [2.05, 4.69) is 15.7 Å². The van der Waals surface area contributed by atoms with Crippen LogP contribution in [0.2, 0.25) is 0 Å². The molecule has 18 heavy (non-hydrogen) atoms. The molecule has 4 nitrogen and oxygen atoms in total. The fourth-order valence-corrected chi connectivity index (χ4v) is 1.85. The van der Waals surface area contributed by atoms with Gasteiger partial charge in [0.15, 0.2) is 0 Å². The van der Waals surface area contributed by atoms with Crippen molar-refractivity contribution in [2.75, 3.05) is 0 Å². The normalized spacial score (nSPS) is 15.7. The standard InChI is InChI=1S/C13H19FN4/c1-8-5-10(6-9(2)12(8)14)7-16-13(18-15)17-11-3-4-11/h5-6,11H,3-4,7,15H2,1-2H3,(H2,16,17,18). The number of aliphatic imine (C=N–C) groups is 1. The van der Waals surface area contributed by atoms with E-state index in [4.69, 9.17) is 5.84 Å². The van der Waals surface area contributed by atoms with Crippen molar-refractivity contribution in [1.82, 2.24) is 10.7 Å². The van der Waals surface area contributed by atoms with Crippen LogP contribution in [0.3, 0.4) is 0 Å². The average molecular weight is 250 g/mol. The summed E-state index contributed by atoms with van der Waals surface area (Å²) in [4.78, 5) is 4.35. The summed E-state index contributed by atoms with van der Waals surface area (Å²) in [6.45, 7) is 4.02. The van der Waals surface area contributed by atoms with Crippen molar-refractivity contribution in [3.05, 3.63) is 34.6 Å². The van der Waals surface area contributed by atoms with Gasteiger partial charge in [-0.2, -0.15) is 0 Å². The maximum absolute atomic E-state index is 13.5. The maximum Gasteiger partial charge on any atom is 0.206 e. The van der Waals surface area contributed by atoms with Gasteiger partial charge in [0.25, 0.3) is 0 Å². The molecule has 0 unspecified atom stereocenters. The van der Waals surface area contributed by atoms with Gasteiger partial charge in [0, 0.05) is 6.04 Å². The molecule has 0 spiro atoms. The van der Waals surface area contributed by atoms with Gasteiger partial charge in [-0.3, -0.25) is 5.43 Å². The SMILES string of the molecule is Cc1cc(CN=C(NN)NC2CC2)cc(C)c1F. The first-order chi connectivity index (χ1) is 8.60. The fraction of sp³-hybridized carbons (Fsp3) is 0.462. The summed E-state index contributed by atoms with van der Waals surface area (Å²) in [5, 5.41) is 3.19. The molecule has 4 N–H and O–H groups in total. The minimum Gasteiger partial charge on any atom is -0.353 e. The Bertz CT molecular complexity index is 443. The third-order valence-corrected chi connectivity index (χ3v) is 2.97. The lowest BCUT2D eigenvalue weighted by molar-refractivity contribution is 0.608. The van der Waals surface area contributed by atoms with Gasteiger partial charge in [0.2, 0.25) is 5.96 Å². The van der Waals surface area contributed by atoms with Crippen LogP contribution in [0.1, 0.15) is 29.5 Å². The van der Waals surface area contributed by atoms with E-state index >= 15 is 0 Å². The van der Waals surface area contributed by atoms with Gasteiger partial charge in [-0.05, 0) is 43.4 Å². The highest BCUT2D eigenvalue weighted by molar-refractivity contribution is 5.79. The minimum atomic E-state index is -0.143. The molecule has 2 rings (SSSR count). The highest BCUT2D eigenvalue weighted by atomic mass is 19.1. The van der Waals surface area contributed by atoms with Gasteiger partial charge in [0.1, 0.15) is 5.82 Å². The number of benzene rings is 1. The monoisotopic (exact) mass is 250 g/mol. The lowest BCUT2D eigenvalue weighted by Crippen LogP contribution is -2.42. The molecule has 0 heterocycles. The molecule has 1 fully saturated rings. The Morgan fingerprint density at radius 2 is 2.00 bits per heavy atom. The first kappa shape index (κ1) is 12.8. The second-order valence-electron chi connectivity index (χ2n) is 4.77. The van der Waals surface area contributed by atoms with Crippen LogP contribution in [-0.4, -0.2) is 12.0 Å². The zero-order chi connectivity index (χ0) is 13.1. The second-order valence-corrected chi connectivity index (χ2v) is 4.77. The van der Waals surface area contributed by atoms with Crippen LogP contribution in [0.5, 0.6) is 0 Å². The van der Waals surface area contributed by atoms with Gasteiger partial charge in [-0.25, -0.2) is 15.2 Å². The van der Waals surface area contributed by atoms with E-state index in [1.165, 1.54) is 0 Å². The fourth-order valence-electron chi connectivity index (χ4n) is 1.85. The molecule has 1 saturated carbocycles. The number of aryl methyl sites for hydroxylation is 2. The largest absolute Gasteiger partial charge is 0.353 e. The molecule has 0 bridgehead atoms. The van der Waals surface area contributed by atoms with Crippen molar-refractivity contribution in [2.45, 2.75) is 39.3 Å². The topological polar surface area (TPSA) is 62.4 Å². The minimum absolute atomic E-state index is 0.143. The number of rotatable bonds is 3. The lowest BCUT2D eigenvalue weighted by atomic mass is 10.1. The molecule has 5 heteroatoms. The maximum atomic E-state index is 13.5. The lowest BCUT2D eigenvalue weighted by Gasteiger charge is -2.09. The van der Waals surface area contributed by atoms with Gasteiger partial charge in [-0.1, -0.05) is 12.1 Å². The van der Waals surface area contributed by atoms with Crippen LogP contribution in [0, 0.1) is 19.7 Å². The number of nitrogens with two attached hydrogens (primary N) is 1. The Kier molecular flexibility index (Phi) is 3.81. The van der Waals surface area contributed by atoms with Crippen LogP contribution >= 0.6 is 0 Å². The molecule has 0 atom stereocenters. The van der Waals surface area contributed by atoms with Crippen molar-refractivity contribution in [3.63, 3.8) is 0 Å². The van der Waals surface area contributed by atoms with Gasteiger partial charge >= 0.3 is 0 Å². The summed E-state index contributed by atoms with van der Waals surface area (Å²) in [6.07, 6.45) is 2.32. The van der Waals surface area contributed by atoms with Crippen LogP contribution in [0.15, 0.2) is 17.1 Å². The zero-order valence-electron chi connectivity index (χ0n) is 10.8. The van der Waals surface area contributed by atoms with Crippen molar-refractivity contribution in [2.24, 2.45) is 10.8 Å². The van der Waals surface area contributed by atoms with E-state index in [9.17, 15) is 4.39 Å². The Morgan fingerprint density at radius 3 is 2.50 bits per heavy atom. The molecule has 98 valence electrons. The molecular formula is C13H19FN4. The number of hydrazine groups is 1. The number of guanidine groups is 1. The van der Waals surface area contributed by atoms with E-state index in [-0.39, 0.29) is 5.82 Å². The van der Waals surface area contributed by atoms with Crippen molar-refractivity contribution >= 4 is 5.96 Å². The Morgan fingerprint density at radius 1 is 1.39 bits per heavy atom. The first-order valence-corrected chi connectivity index (χ1v) is 6.13. The van der Waals surface area contributed by atoms with Gasteiger partial charge < -0.3 is 5.32 Å². The third kappa shape index (κ3) is 3.20. The molecule has 1 aromatic rings. The molecule has 0 aromatic heterocycles. The zero-order valence-corrected chi connectivity index (χ0v) is 10.8. The number of nitrogens with zero attached hydrogens (tertiary/aromatic N) is 1. The van der Waals surface area contributed by atoms with E-state index in [0.29, 0.717) is 29.7 Å². The molecule has 0 saturated heterocycles. The van der Waals surface area contributed by atoms with E-state index in [0.717, 1.165) is 18.4 Å². The molecule has 1 aliphatic rings. The summed E-state index contributed by atoms with van der Waals surface area (Å²) in [5.41, 5.74) is 4.83. The van der Waals surface area contributed by atoms with Crippen molar-refractivity contribution < 1.29 is 4.39 Å². The van der Waals surface area contributed by atoms with E-state index in [1.807, 2.05) is 12.1 Å². The Hall–Kier alpha value is -1.62. The molecule has 1 aromatic carbocycles. The highest BCUT2D eigenvalue weighted by Crippen LogP contribution is 2.18. The molecular weight excluding hydrogens is 231 g/mol. The van der Waals surface area contributed by atoms with Crippen molar-refractivity contribution in [1.29, 1.82) is 0 Å². The molecule has 0 aliphatic heterocycles. The predicted molar refractivity (Wildman–Crippen MR) is 70.5 cm³/mol. The summed E-state index contributed by atoms with van der Waals surface area (Å²) < 4.78 is 13.5. The molecule has 1 aliphatic carbocycles. The molecule has 0 radical (unpaired) electrons. The van der Waals surface area contributed by atoms with Crippen LogP contribution < -0.4 is 16.6 Å². The third-order valence-electron chi connectivity index (χ3n) is 2.97. The summed E-state index contributed by atoms with van der Waals surface area (Å²) in [6, 6.07) is 4.13. The second kappa shape index (κ2) is 5.35. The highest BCUT2D eigenvalue weighted by Gasteiger charge is 2.21. The van der Waals surface area contributed by atoms with E-state index in [1.54, 1.807) is 13.8 Å². The predicted octanol–water partition coefficient (Wildman–Crippen LogP) is 1.51. The van der Waals surface area contributed by atoms with Crippen LogP contribution in [0.4, 0.5) is 4.39 Å². The summed E-state index contributed by atoms with van der Waals surface area (Å²) in [5.74, 6) is 5.85. The van der Waals surface area contributed by atoms with Crippen LogP contribution in [0.25, 0.3) is 0 Å². The van der Waals surface area contributed by atoms with Crippen molar-refractivity contribution in [3.8, 4) is 0 Å². The average Bonchev–Trinajstić information content (AvgIpc) is 3.15. The number of nitrogens with one attached hydrogen (secondary N) is 2. The molecule has 0 amide bonds. The Balaban J connectivity index is 2.05. The van der Waals surface area contributed by atoms with Crippen LogP contribution in [-0.2, 0) is 6.54 Å².